The summed E-state index contributed by atoms with van der Waals surface area (Å²) in [7, 11) is 0. The van der Waals surface area contributed by atoms with E-state index in [2.05, 4.69) is 22.6 Å². The molecule has 2 N–H and O–H groups in total. The Morgan fingerprint density at radius 3 is 2.05 bits per heavy atom. The van der Waals surface area contributed by atoms with Crippen LogP contribution in [-0.4, -0.2) is 37.5 Å². The average Bonchev–Trinajstić information content (AvgIpc) is 2.31. The van der Waals surface area contributed by atoms with Gasteiger partial charge in [-0.1, -0.05) is 30.6 Å². The Bertz CT molecular complexity index is 273. The van der Waals surface area contributed by atoms with Crippen molar-refractivity contribution in [3.63, 3.8) is 0 Å². The SMILES string of the molecule is C[C-](C)SC(=S)SC(C)(C)C(=O)CCO.[CH2-]CO.[O]=[Co]. The number of ketones is 1. The predicted molar refractivity (Wildman–Crippen MR) is 86.3 cm³/mol. The van der Waals surface area contributed by atoms with E-state index in [-0.39, 0.29) is 25.4 Å². The summed E-state index contributed by atoms with van der Waals surface area (Å²) in [6.07, 6.45) is 0.197. The first-order valence-corrected chi connectivity index (χ1v) is 8.06. The zero-order valence-corrected chi connectivity index (χ0v) is 15.6. The number of aliphatic hydroxyl groups is 2. The number of hydrogen-bond acceptors (Lipinski definition) is 7. The second-order valence-electron chi connectivity index (χ2n) is 3.99. The third-order valence-corrected chi connectivity index (χ3v) is 4.12. The van der Waals surface area contributed by atoms with Crippen molar-refractivity contribution in [2.75, 3.05) is 13.2 Å². The van der Waals surface area contributed by atoms with Crippen LogP contribution in [0.25, 0.3) is 0 Å². The van der Waals surface area contributed by atoms with Crippen LogP contribution in [0.3, 0.4) is 0 Å². The molecule has 0 saturated carbocycles. The van der Waals surface area contributed by atoms with E-state index in [1.807, 2.05) is 27.7 Å². The number of rotatable bonds is 5. The van der Waals surface area contributed by atoms with Crippen molar-refractivity contribution in [2.45, 2.75) is 38.9 Å². The first-order valence-electron chi connectivity index (χ1n) is 5.60. The summed E-state index contributed by atoms with van der Waals surface area (Å²) in [5.41, 5.74) is 0. The molecule has 0 rings (SSSR count). The van der Waals surface area contributed by atoms with E-state index in [9.17, 15) is 4.79 Å². The number of thiocarbonyl (C=S) groups is 1. The Morgan fingerprint density at radius 2 is 1.75 bits per heavy atom. The fourth-order valence-corrected chi connectivity index (χ4v) is 4.24. The molecule has 123 valence electrons. The molecule has 0 fully saturated rings. The summed E-state index contributed by atoms with van der Waals surface area (Å²) in [5.74, 6) is 0.0340. The van der Waals surface area contributed by atoms with Crippen LogP contribution in [0.1, 0.15) is 34.1 Å². The zero-order chi connectivity index (χ0) is 16.8. The fourth-order valence-electron chi connectivity index (χ4n) is 0.855. The molecule has 0 amide bonds. The molecule has 0 aromatic rings. The Hall–Kier alpha value is 0.686. The summed E-state index contributed by atoms with van der Waals surface area (Å²) in [5, 5.41) is 17.3. The molecule has 0 spiro atoms. The topological polar surface area (TPSA) is 74.6 Å². The van der Waals surface area contributed by atoms with E-state index in [1.165, 1.54) is 23.5 Å². The molecule has 0 aliphatic rings. The number of aliphatic hydroxyl groups excluding tert-OH is 2. The Morgan fingerprint density at radius 1 is 1.35 bits per heavy atom. The van der Waals surface area contributed by atoms with Gasteiger partial charge in [0.05, 0.1) is 14.9 Å². The standard InChI is InChI=1S/C10H17O2S3.C2H5O.Co.O/c1-7(2)14-9(13)15-10(3,4)8(12)5-6-11;1-2-3;;/h11H,5-6H2,1-4H3;3H,1-2H2;;/q2*-1;;. The Kier molecular flexibility index (Phi) is 20.6. The van der Waals surface area contributed by atoms with Gasteiger partial charge in [-0.2, -0.15) is 13.8 Å². The van der Waals surface area contributed by atoms with E-state index >= 15 is 0 Å². The average molecular weight is 385 g/mol. The van der Waals surface area contributed by atoms with Crippen LogP contribution in [-0.2, 0) is 24.3 Å². The second-order valence-corrected chi connectivity index (χ2v) is 8.24. The van der Waals surface area contributed by atoms with Gasteiger partial charge in [0.2, 0.25) is 0 Å². The molecule has 0 bridgehead atoms. The van der Waals surface area contributed by atoms with Crippen molar-refractivity contribution in [2.24, 2.45) is 0 Å². The minimum atomic E-state index is -0.539. The third-order valence-electron chi connectivity index (χ3n) is 1.64. The van der Waals surface area contributed by atoms with Crippen molar-refractivity contribution in [1.29, 1.82) is 0 Å². The van der Waals surface area contributed by atoms with Gasteiger partial charge >= 0.3 is 19.5 Å². The van der Waals surface area contributed by atoms with Gasteiger partial charge in [0.25, 0.3) is 0 Å². The van der Waals surface area contributed by atoms with Gasteiger partial charge in [0.15, 0.2) is 5.78 Å². The van der Waals surface area contributed by atoms with Gasteiger partial charge in [-0.3, -0.25) is 21.8 Å². The maximum atomic E-state index is 11.6. The van der Waals surface area contributed by atoms with E-state index in [0.717, 1.165) is 8.78 Å². The summed E-state index contributed by atoms with van der Waals surface area (Å²) in [4.78, 5) is 11.6. The number of carbonyl (C=O) groups is 1. The first kappa shape index (κ1) is 25.6. The molecular weight excluding hydrogens is 363 g/mol. The summed E-state index contributed by atoms with van der Waals surface area (Å²) in [6, 6.07) is 0. The van der Waals surface area contributed by atoms with Crippen LogP contribution >= 0.6 is 35.7 Å². The van der Waals surface area contributed by atoms with E-state index < -0.39 is 4.75 Å². The van der Waals surface area contributed by atoms with Gasteiger partial charge in [-0.25, -0.2) is 0 Å². The van der Waals surface area contributed by atoms with E-state index in [1.54, 1.807) is 0 Å². The molecular formula is C12H22CoO4S3-2. The molecule has 0 unspecified atom stereocenters. The van der Waals surface area contributed by atoms with Gasteiger partial charge in [-0.05, 0) is 13.8 Å². The third kappa shape index (κ3) is 16.7. The van der Waals surface area contributed by atoms with Gasteiger partial charge in [0.1, 0.15) is 0 Å². The molecule has 0 saturated heterocycles. The summed E-state index contributed by atoms with van der Waals surface area (Å²) >= 11 is 10.4. The Labute approximate surface area is 143 Å². The summed E-state index contributed by atoms with van der Waals surface area (Å²) in [6.45, 7) is 10.6. The van der Waals surface area contributed by atoms with Crippen molar-refractivity contribution < 1.29 is 34.5 Å². The van der Waals surface area contributed by atoms with Crippen molar-refractivity contribution >= 4 is 45.1 Å². The molecule has 4 nitrogen and oxygen atoms in total. The molecule has 0 atom stereocenters. The van der Waals surface area contributed by atoms with Crippen molar-refractivity contribution in [3.05, 3.63) is 12.2 Å². The van der Waals surface area contributed by atoms with Crippen LogP contribution < -0.4 is 0 Å². The predicted octanol–water partition coefficient (Wildman–Crippen LogP) is 2.73. The molecule has 0 radical (unpaired) electrons. The second kappa shape index (κ2) is 16.1. The fraction of sp³-hybridized carbons (Fsp3) is 0.667. The number of carbonyl (C=O) groups excluding carboxylic acids is 1. The quantitative estimate of drug-likeness (QED) is 0.557. The van der Waals surface area contributed by atoms with E-state index in [0.29, 0.717) is 0 Å². The Balaban J connectivity index is -0.000000505. The molecule has 0 aromatic heterocycles. The minimum absolute atomic E-state index is 0. The van der Waals surface area contributed by atoms with Crippen LogP contribution in [0, 0.1) is 12.2 Å². The van der Waals surface area contributed by atoms with Gasteiger partial charge < -0.3 is 17.1 Å². The molecule has 8 heteroatoms. The van der Waals surface area contributed by atoms with Crippen LogP contribution in [0.5, 0.6) is 0 Å². The zero-order valence-electron chi connectivity index (χ0n) is 12.1. The van der Waals surface area contributed by atoms with Gasteiger partial charge in [-0.15, -0.1) is 0 Å². The van der Waals surface area contributed by atoms with Crippen LogP contribution in [0.15, 0.2) is 0 Å². The molecule has 0 heterocycles. The molecule has 20 heavy (non-hydrogen) atoms. The van der Waals surface area contributed by atoms with Crippen LogP contribution in [0.4, 0.5) is 0 Å². The number of Topliss-reactive ketones (excluding diaryl/α,β-unsaturated/α-hetero) is 1. The van der Waals surface area contributed by atoms with Crippen molar-refractivity contribution in [1.82, 2.24) is 0 Å². The monoisotopic (exact) mass is 385 g/mol. The van der Waals surface area contributed by atoms with Crippen molar-refractivity contribution in [3.8, 4) is 0 Å². The number of thioether (sulfide) groups is 2. The first-order chi connectivity index (χ1) is 9.21. The van der Waals surface area contributed by atoms with Crippen LogP contribution in [0.2, 0.25) is 0 Å². The van der Waals surface area contributed by atoms with E-state index in [4.69, 9.17) is 26.3 Å². The molecule has 0 aliphatic heterocycles. The summed E-state index contributed by atoms with van der Waals surface area (Å²) < 4.78 is 8.15. The molecule has 0 aliphatic carbocycles. The maximum absolute atomic E-state index is 11.6. The molecule has 0 aromatic carbocycles. The van der Waals surface area contributed by atoms with Gasteiger partial charge in [0, 0.05) is 6.42 Å². The number of hydrogen-bond donors (Lipinski definition) is 2. The normalized spacial score (nSPS) is 10.1.